The number of nitrogens with zero attached hydrogens (tertiary/aromatic N) is 1. The van der Waals surface area contributed by atoms with Gasteiger partial charge in [0.15, 0.2) is 0 Å². The summed E-state index contributed by atoms with van der Waals surface area (Å²) in [6.45, 7) is 2.58. The second-order valence-electron chi connectivity index (χ2n) is 8.98. The molecule has 36 heavy (non-hydrogen) atoms. The van der Waals surface area contributed by atoms with Gasteiger partial charge in [0, 0.05) is 6.54 Å². The van der Waals surface area contributed by atoms with Gasteiger partial charge in [-0.2, -0.15) is 0 Å². The monoisotopic (exact) mass is 546 g/mol. The van der Waals surface area contributed by atoms with Gasteiger partial charge in [-0.3, -0.25) is 9.59 Å². The summed E-state index contributed by atoms with van der Waals surface area (Å²) in [6, 6.07) is 5.63. The minimum absolute atomic E-state index is 0. The summed E-state index contributed by atoms with van der Waals surface area (Å²) in [5.74, 6) is -0.736. The minimum atomic E-state index is -3.77. The zero-order chi connectivity index (χ0) is 25.5. The van der Waals surface area contributed by atoms with E-state index in [0.717, 1.165) is 24.2 Å². The predicted molar refractivity (Wildman–Crippen MR) is 140 cm³/mol. The van der Waals surface area contributed by atoms with Crippen LogP contribution in [0.25, 0.3) is 0 Å². The van der Waals surface area contributed by atoms with Crippen LogP contribution in [-0.4, -0.2) is 26.1 Å². The number of carbonyl (C=O) groups excluding carboxylic acids is 2. The van der Waals surface area contributed by atoms with E-state index in [-0.39, 0.29) is 45.0 Å². The molecular weight excluding hydrogens is 507 g/mol. The van der Waals surface area contributed by atoms with E-state index >= 15 is 0 Å². The molecule has 1 aromatic carbocycles. The zero-order valence-electron chi connectivity index (χ0n) is 21.8. The third-order valence-corrected chi connectivity index (χ3v) is 8.42. The van der Waals surface area contributed by atoms with E-state index in [1.54, 1.807) is 0 Å². The molecule has 0 aliphatic carbocycles. The van der Waals surface area contributed by atoms with Gasteiger partial charge in [0.05, 0.1) is 15.5 Å². The Morgan fingerprint density at radius 1 is 0.889 bits per heavy atom. The molecule has 196 valence electrons. The van der Waals surface area contributed by atoms with Crippen LogP contribution in [0, 0.1) is 0 Å². The molecule has 1 saturated heterocycles. The Bertz CT molecular complexity index is 953. The Labute approximate surface area is 243 Å². The summed E-state index contributed by atoms with van der Waals surface area (Å²) < 4.78 is 27.9. The number of sulfonamides is 1. The third-order valence-electron chi connectivity index (χ3n) is 6.11. The molecule has 0 atom stereocenters. The summed E-state index contributed by atoms with van der Waals surface area (Å²) in [6.07, 6.45) is 17.7. The van der Waals surface area contributed by atoms with Crippen molar-refractivity contribution in [2.45, 2.75) is 102 Å². The summed E-state index contributed by atoms with van der Waals surface area (Å²) in [5.41, 5.74) is 0.128. The molecule has 7 nitrogen and oxygen atoms in total. The van der Waals surface area contributed by atoms with Crippen molar-refractivity contribution in [2.24, 2.45) is 0 Å². The van der Waals surface area contributed by atoms with Crippen LogP contribution >= 0.6 is 11.8 Å². The van der Waals surface area contributed by atoms with Crippen LogP contribution in [0.5, 0.6) is 0 Å². The van der Waals surface area contributed by atoms with Crippen LogP contribution in [0.2, 0.25) is 0 Å². The van der Waals surface area contributed by atoms with Crippen molar-refractivity contribution in [2.75, 3.05) is 11.4 Å². The van der Waals surface area contributed by atoms with E-state index in [1.165, 1.54) is 94.9 Å². The molecule has 0 spiro atoms. The van der Waals surface area contributed by atoms with E-state index in [1.807, 2.05) is 0 Å². The fraction of sp³-hybridized carbons (Fsp3) is 0.615. The number of hydrogen-bond donors (Lipinski definition) is 1. The minimum Gasteiger partial charge on any atom is -0.877 e. The standard InChI is InChI=1S/C26H40N2O5S2.Na/c1-2-3-4-5-6-7-8-9-10-11-12-13-14-15-19-27-35(32,33)23-18-16-17-22(20-23)28-25(30)24(21-29)34-26(28)31;/h16-18,20-21,27,29H,2-15,19H2,1H3;/q;+1/p-1/b24-21-;. The van der Waals surface area contributed by atoms with Gasteiger partial charge in [-0.1, -0.05) is 96.5 Å². The van der Waals surface area contributed by atoms with Crippen molar-refractivity contribution in [1.29, 1.82) is 0 Å². The van der Waals surface area contributed by atoms with Gasteiger partial charge in [0.1, 0.15) is 0 Å². The average molecular weight is 547 g/mol. The third kappa shape index (κ3) is 11.3. The normalized spacial score (nSPS) is 15.0. The number of benzene rings is 1. The van der Waals surface area contributed by atoms with Gasteiger partial charge in [0.2, 0.25) is 10.0 Å². The summed E-state index contributed by atoms with van der Waals surface area (Å²) >= 11 is 0.543. The van der Waals surface area contributed by atoms with Crippen LogP contribution in [0.15, 0.2) is 40.3 Å². The quantitative estimate of drug-likeness (QED) is 0.131. The molecule has 2 rings (SSSR count). The Morgan fingerprint density at radius 3 is 1.92 bits per heavy atom. The number of amides is 2. The second-order valence-corrected chi connectivity index (χ2v) is 11.7. The molecule has 10 heteroatoms. The van der Waals surface area contributed by atoms with Crippen LogP contribution in [0.1, 0.15) is 96.8 Å². The van der Waals surface area contributed by atoms with Crippen molar-refractivity contribution in [3.8, 4) is 0 Å². The van der Waals surface area contributed by atoms with E-state index in [2.05, 4.69) is 11.6 Å². The van der Waals surface area contributed by atoms with Gasteiger partial charge in [0.25, 0.3) is 11.1 Å². The van der Waals surface area contributed by atoms with Crippen LogP contribution in [0.4, 0.5) is 10.5 Å². The fourth-order valence-electron chi connectivity index (χ4n) is 4.07. The molecule has 1 aliphatic rings. The molecule has 0 radical (unpaired) electrons. The number of hydrogen-bond acceptors (Lipinski definition) is 6. The fourth-order valence-corrected chi connectivity index (χ4v) is 5.88. The first kappa shape index (κ1) is 33.2. The van der Waals surface area contributed by atoms with Gasteiger partial charge >= 0.3 is 29.6 Å². The zero-order valence-corrected chi connectivity index (χ0v) is 25.4. The Balaban J connectivity index is 0.00000648. The maximum Gasteiger partial charge on any atom is 1.00 e. The molecule has 1 heterocycles. The number of nitrogens with one attached hydrogen (secondary N) is 1. The number of imide groups is 1. The number of carbonyl (C=O) groups is 2. The molecule has 2 amide bonds. The van der Waals surface area contributed by atoms with Gasteiger partial charge in [-0.05, 0) is 36.4 Å². The molecule has 1 N–H and O–H groups in total. The van der Waals surface area contributed by atoms with E-state index in [0.29, 0.717) is 24.6 Å². The van der Waals surface area contributed by atoms with E-state index in [4.69, 9.17) is 0 Å². The van der Waals surface area contributed by atoms with E-state index in [9.17, 15) is 23.1 Å². The van der Waals surface area contributed by atoms with Gasteiger partial charge < -0.3 is 5.11 Å². The molecule has 0 aromatic heterocycles. The van der Waals surface area contributed by atoms with Crippen molar-refractivity contribution < 1.29 is 52.7 Å². The number of unbranched alkanes of at least 4 members (excludes halogenated alkanes) is 13. The molecule has 1 aliphatic heterocycles. The maximum atomic E-state index is 12.7. The predicted octanol–water partition coefficient (Wildman–Crippen LogP) is 2.85. The first-order valence-electron chi connectivity index (χ1n) is 12.9. The van der Waals surface area contributed by atoms with Gasteiger partial charge in [-0.15, -0.1) is 6.26 Å². The molecule has 1 fully saturated rings. The smallest absolute Gasteiger partial charge is 0.877 e. The molecule has 0 unspecified atom stereocenters. The molecule has 0 saturated carbocycles. The second kappa shape index (κ2) is 18.4. The summed E-state index contributed by atoms with van der Waals surface area (Å²) in [4.78, 5) is 24.8. The van der Waals surface area contributed by atoms with Gasteiger partial charge in [-0.25, -0.2) is 18.0 Å². The van der Waals surface area contributed by atoms with Crippen molar-refractivity contribution in [3.63, 3.8) is 0 Å². The summed E-state index contributed by atoms with van der Waals surface area (Å²) in [7, 11) is -3.77. The van der Waals surface area contributed by atoms with Crippen molar-refractivity contribution >= 4 is 38.6 Å². The molecule has 0 bridgehead atoms. The van der Waals surface area contributed by atoms with Crippen LogP contribution < -0.4 is 44.3 Å². The topological polar surface area (TPSA) is 107 Å². The Morgan fingerprint density at radius 2 is 1.42 bits per heavy atom. The molecule has 1 aromatic rings. The van der Waals surface area contributed by atoms with E-state index < -0.39 is 21.2 Å². The Hall–Kier alpha value is -0.840. The SMILES string of the molecule is CCCCCCCCCCCCCCCCNS(=O)(=O)c1cccc(N2C(=O)S/C(=C\[O-])C2=O)c1.[Na+]. The summed E-state index contributed by atoms with van der Waals surface area (Å²) in [5, 5.41) is 10.3. The Kier molecular flexibility index (Phi) is 17.0. The average Bonchev–Trinajstić information content (AvgIpc) is 3.14. The molecular formula is C26H39N2NaO5S2. The first-order chi connectivity index (χ1) is 16.9. The van der Waals surface area contributed by atoms with Crippen molar-refractivity contribution in [3.05, 3.63) is 35.4 Å². The largest absolute Gasteiger partial charge is 1.00 e. The number of thioether (sulfide) groups is 1. The first-order valence-corrected chi connectivity index (χ1v) is 15.2. The van der Waals surface area contributed by atoms with Crippen LogP contribution in [-0.2, 0) is 14.8 Å². The van der Waals surface area contributed by atoms with Crippen LogP contribution in [0.3, 0.4) is 0 Å². The van der Waals surface area contributed by atoms with Crippen molar-refractivity contribution in [1.82, 2.24) is 4.72 Å². The number of rotatable bonds is 18. The maximum absolute atomic E-state index is 12.7. The number of anilines is 1.